The fraction of sp³-hybridized carbons (Fsp3) is 0.389. The quantitative estimate of drug-likeness (QED) is 0.661. The third kappa shape index (κ3) is 1.63. The number of carbonyl (C=O) groups is 3. The number of hydrogen-bond acceptors (Lipinski definition) is 3. The molecule has 0 unspecified atom stereocenters. The van der Waals surface area contributed by atoms with Crippen LogP contribution in [0.2, 0.25) is 5.02 Å². The number of halogens is 1. The Morgan fingerprint density at radius 3 is 2.21 bits per heavy atom. The van der Waals surface area contributed by atoms with E-state index in [2.05, 4.69) is 12.2 Å². The van der Waals surface area contributed by atoms with Gasteiger partial charge in [0.05, 0.1) is 28.1 Å². The van der Waals surface area contributed by atoms with Crippen LogP contribution in [0.4, 0.5) is 5.69 Å². The van der Waals surface area contributed by atoms with Crippen molar-refractivity contribution in [1.82, 2.24) is 0 Å². The second-order valence-electron chi connectivity index (χ2n) is 7.14. The van der Waals surface area contributed by atoms with Gasteiger partial charge in [0, 0.05) is 0 Å². The third-order valence-corrected chi connectivity index (χ3v) is 6.43. The van der Waals surface area contributed by atoms with E-state index in [0.29, 0.717) is 17.5 Å². The molecule has 5 nitrogen and oxygen atoms in total. The molecule has 2 amide bonds. The van der Waals surface area contributed by atoms with Gasteiger partial charge in [-0.05, 0) is 48.3 Å². The van der Waals surface area contributed by atoms with Gasteiger partial charge in [-0.3, -0.25) is 9.59 Å². The highest BCUT2D eigenvalue weighted by Crippen LogP contribution is 2.65. The summed E-state index contributed by atoms with van der Waals surface area (Å²) in [7, 11) is 0. The number of anilines is 1. The van der Waals surface area contributed by atoms with Crippen molar-refractivity contribution in [2.24, 2.45) is 35.5 Å². The zero-order chi connectivity index (χ0) is 16.7. The van der Waals surface area contributed by atoms with E-state index in [4.69, 9.17) is 11.6 Å². The molecule has 1 aromatic carbocycles. The topological polar surface area (TPSA) is 74.7 Å². The fourth-order valence-electron chi connectivity index (χ4n) is 5.03. The first-order valence-corrected chi connectivity index (χ1v) is 8.46. The zero-order valence-electron chi connectivity index (χ0n) is 12.6. The van der Waals surface area contributed by atoms with E-state index in [1.54, 1.807) is 0 Å². The molecule has 4 aliphatic carbocycles. The Morgan fingerprint density at radius 2 is 1.67 bits per heavy atom. The second-order valence-corrected chi connectivity index (χ2v) is 7.54. The summed E-state index contributed by atoms with van der Waals surface area (Å²) >= 11 is 5.89. The van der Waals surface area contributed by atoms with Crippen molar-refractivity contribution in [3.8, 4) is 0 Å². The maximum Gasteiger partial charge on any atom is 0.337 e. The Hall–Kier alpha value is -2.14. The minimum Gasteiger partial charge on any atom is -0.478 e. The minimum absolute atomic E-state index is 0.0886. The van der Waals surface area contributed by atoms with Crippen LogP contribution in [-0.2, 0) is 9.59 Å². The number of carboxylic acids is 1. The summed E-state index contributed by atoms with van der Waals surface area (Å²) in [6, 6.07) is 4.28. The Morgan fingerprint density at radius 1 is 1.08 bits per heavy atom. The molecule has 5 aliphatic rings. The maximum absolute atomic E-state index is 13.0. The van der Waals surface area contributed by atoms with Crippen molar-refractivity contribution in [2.75, 3.05) is 4.90 Å². The Labute approximate surface area is 142 Å². The van der Waals surface area contributed by atoms with Crippen molar-refractivity contribution in [2.45, 2.75) is 6.42 Å². The number of imide groups is 1. The van der Waals surface area contributed by atoms with Crippen LogP contribution in [0, 0.1) is 35.5 Å². The first-order chi connectivity index (χ1) is 11.5. The van der Waals surface area contributed by atoms with Gasteiger partial charge in [-0.2, -0.15) is 0 Å². The van der Waals surface area contributed by atoms with Crippen molar-refractivity contribution >= 4 is 35.1 Å². The predicted molar refractivity (Wildman–Crippen MR) is 85.6 cm³/mol. The number of benzene rings is 1. The van der Waals surface area contributed by atoms with Crippen LogP contribution in [-0.4, -0.2) is 22.9 Å². The van der Waals surface area contributed by atoms with Crippen LogP contribution >= 0.6 is 11.6 Å². The zero-order valence-corrected chi connectivity index (χ0v) is 13.3. The Bertz CT molecular complexity index is 811. The lowest BCUT2D eigenvalue weighted by Crippen LogP contribution is -2.40. The molecule has 6 atom stereocenters. The van der Waals surface area contributed by atoms with Crippen LogP contribution in [0.15, 0.2) is 30.4 Å². The third-order valence-electron chi connectivity index (χ3n) is 6.10. The first-order valence-electron chi connectivity index (χ1n) is 8.08. The van der Waals surface area contributed by atoms with Gasteiger partial charge in [0.25, 0.3) is 0 Å². The van der Waals surface area contributed by atoms with Crippen molar-refractivity contribution < 1.29 is 19.5 Å². The lowest BCUT2D eigenvalue weighted by atomic mass is 9.63. The Balaban J connectivity index is 1.57. The number of allylic oxidation sites excluding steroid dienone is 2. The molecule has 3 fully saturated rings. The van der Waals surface area contributed by atoms with Gasteiger partial charge in [0.2, 0.25) is 11.8 Å². The highest BCUT2D eigenvalue weighted by atomic mass is 35.5. The monoisotopic (exact) mass is 343 g/mol. The second kappa shape index (κ2) is 4.48. The number of aromatic carboxylic acids is 1. The number of hydrogen-bond donors (Lipinski definition) is 1. The van der Waals surface area contributed by atoms with Crippen LogP contribution in [0.25, 0.3) is 0 Å². The molecule has 2 saturated carbocycles. The number of carbonyl (C=O) groups excluding carboxylic acids is 2. The van der Waals surface area contributed by atoms with Gasteiger partial charge in [-0.25, -0.2) is 9.69 Å². The molecule has 0 spiro atoms. The summed E-state index contributed by atoms with van der Waals surface area (Å²) in [5.74, 6) is -0.783. The van der Waals surface area contributed by atoms with Crippen LogP contribution in [0.1, 0.15) is 16.8 Å². The molecular weight excluding hydrogens is 330 g/mol. The molecular formula is C18H14ClNO4. The van der Waals surface area contributed by atoms with E-state index in [0.717, 1.165) is 6.42 Å². The molecule has 1 aromatic rings. The molecule has 6 heteroatoms. The maximum atomic E-state index is 13.0. The molecule has 1 aliphatic heterocycles. The molecule has 1 N–H and O–H groups in total. The highest BCUT2D eigenvalue weighted by molar-refractivity contribution is 6.34. The summed E-state index contributed by atoms with van der Waals surface area (Å²) in [6.07, 6.45) is 5.33. The molecule has 0 aromatic heterocycles. The first kappa shape index (κ1) is 14.2. The van der Waals surface area contributed by atoms with Gasteiger partial charge < -0.3 is 5.11 Å². The largest absolute Gasteiger partial charge is 0.478 e. The predicted octanol–water partition coefficient (Wildman–Crippen LogP) is 2.60. The lowest BCUT2D eigenvalue weighted by molar-refractivity contribution is -0.124. The number of nitrogens with zero attached hydrogens (tertiary/aromatic N) is 1. The molecule has 1 heterocycles. The van der Waals surface area contributed by atoms with Crippen LogP contribution < -0.4 is 4.90 Å². The normalized spacial score (nSPS) is 38.3. The fourth-order valence-corrected chi connectivity index (χ4v) is 5.23. The Kier molecular flexibility index (Phi) is 2.65. The summed E-state index contributed by atoms with van der Waals surface area (Å²) in [5.41, 5.74) is 0.197. The molecule has 122 valence electrons. The van der Waals surface area contributed by atoms with Crippen molar-refractivity contribution in [3.63, 3.8) is 0 Å². The summed E-state index contributed by atoms with van der Waals surface area (Å²) < 4.78 is 0. The van der Waals surface area contributed by atoms with Gasteiger partial charge in [-0.15, -0.1) is 0 Å². The van der Waals surface area contributed by atoms with Gasteiger partial charge in [0.1, 0.15) is 0 Å². The van der Waals surface area contributed by atoms with Gasteiger partial charge in [-0.1, -0.05) is 23.8 Å². The van der Waals surface area contributed by atoms with E-state index in [9.17, 15) is 19.5 Å². The van der Waals surface area contributed by atoms with Crippen molar-refractivity contribution in [3.05, 3.63) is 40.9 Å². The lowest BCUT2D eigenvalue weighted by Gasteiger charge is -2.37. The van der Waals surface area contributed by atoms with Gasteiger partial charge in [0.15, 0.2) is 0 Å². The highest BCUT2D eigenvalue weighted by Gasteiger charge is 2.67. The summed E-state index contributed by atoms with van der Waals surface area (Å²) in [4.78, 5) is 38.4. The number of rotatable bonds is 2. The van der Waals surface area contributed by atoms with E-state index >= 15 is 0 Å². The average Bonchev–Trinajstić information content (AvgIpc) is 3.33. The number of carboxylic acid groups (broad SMARTS) is 1. The summed E-state index contributed by atoms with van der Waals surface area (Å²) in [6.45, 7) is 0. The smallest absolute Gasteiger partial charge is 0.337 e. The van der Waals surface area contributed by atoms with E-state index in [1.165, 1.54) is 23.1 Å². The SMILES string of the molecule is O=C(O)c1cc(N2C(=O)[C@@H]3[C@H]4C=C[C@H]([C@H]5C[C@H]45)[C@@H]3C2=O)ccc1Cl. The number of amides is 2. The van der Waals surface area contributed by atoms with Crippen LogP contribution in [0.3, 0.4) is 0 Å². The van der Waals surface area contributed by atoms with Crippen molar-refractivity contribution in [1.29, 1.82) is 0 Å². The molecule has 1 saturated heterocycles. The summed E-state index contributed by atoms with van der Waals surface area (Å²) in [5, 5.41) is 9.31. The molecule has 6 rings (SSSR count). The molecule has 0 radical (unpaired) electrons. The molecule has 2 bridgehead atoms. The van der Waals surface area contributed by atoms with E-state index < -0.39 is 5.97 Å². The van der Waals surface area contributed by atoms with Gasteiger partial charge >= 0.3 is 5.97 Å². The average molecular weight is 344 g/mol. The van der Waals surface area contributed by atoms with E-state index in [-0.39, 0.29) is 46.1 Å². The molecule has 24 heavy (non-hydrogen) atoms. The van der Waals surface area contributed by atoms with E-state index in [1.807, 2.05) is 0 Å². The van der Waals surface area contributed by atoms with Crippen LogP contribution in [0.5, 0.6) is 0 Å². The minimum atomic E-state index is -1.18. The standard InChI is InChI=1S/C18H14ClNO4/c19-13-4-1-7(5-12(13)18(23)24)20-16(21)14-8-2-3-9(11-6-10(8)11)15(14)17(20)22/h1-5,8-11,14-15H,6H2,(H,23,24)/t8-,9+,10-,11-,14+,15-/m1/s1.